The van der Waals surface area contributed by atoms with Crippen molar-refractivity contribution in [1.82, 2.24) is 0 Å². The van der Waals surface area contributed by atoms with E-state index < -0.39 is 15.0 Å². The van der Waals surface area contributed by atoms with Crippen molar-refractivity contribution >= 4 is 44.1 Å². The fraction of sp³-hybridized carbons (Fsp3) is 0.452. The van der Waals surface area contributed by atoms with Crippen LogP contribution in [0, 0.1) is 11.3 Å². The van der Waals surface area contributed by atoms with Crippen LogP contribution in [0.2, 0.25) is 13.1 Å². The number of carbonyl (C=O) groups excluding carboxylic acids is 2. The number of carboxylic acid groups (broad SMARTS) is 1. The smallest absolute Gasteiger partial charge is 0.303 e. The van der Waals surface area contributed by atoms with Gasteiger partial charge in [0.1, 0.15) is 5.76 Å². The monoisotopic (exact) mass is 581 g/mol. The number of carboxylic acids is 1. The molecule has 1 atom stereocenters. The Morgan fingerprint density at radius 3 is 2.48 bits per heavy atom. The highest BCUT2D eigenvalue weighted by atomic mass is 32.2. The molecular weight excluding hydrogens is 541 g/mol. The highest BCUT2D eigenvalue weighted by molar-refractivity contribution is 8.04. The number of amides is 1. The third-order valence-corrected chi connectivity index (χ3v) is 8.75. The van der Waals surface area contributed by atoms with Crippen LogP contribution in [0.1, 0.15) is 68.8 Å². The quantitative estimate of drug-likeness (QED) is 0.207. The molecule has 0 fully saturated rings. The van der Waals surface area contributed by atoms with E-state index in [1.807, 2.05) is 30.3 Å². The number of hydrogen-bond acceptors (Lipinski definition) is 6. The van der Waals surface area contributed by atoms with Crippen molar-refractivity contribution in [2.24, 2.45) is 17.1 Å². The van der Waals surface area contributed by atoms with Crippen LogP contribution in [-0.4, -0.2) is 37.6 Å². The Balaban J connectivity index is 0.000000229. The molecule has 2 aromatic rings. The summed E-state index contributed by atoms with van der Waals surface area (Å²) >= 11 is 1.59. The third kappa shape index (κ3) is 8.24. The molecule has 9 heteroatoms. The number of nitrogens with one attached hydrogen (secondary N) is 1. The van der Waals surface area contributed by atoms with E-state index >= 15 is 0 Å². The second-order valence-corrected chi connectivity index (χ2v) is 14.5. The van der Waals surface area contributed by atoms with E-state index in [1.165, 1.54) is 5.56 Å². The van der Waals surface area contributed by atoms with Gasteiger partial charge >= 0.3 is 5.97 Å². The van der Waals surface area contributed by atoms with Gasteiger partial charge in [-0.25, -0.2) is 0 Å². The van der Waals surface area contributed by atoms with Gasteiger partial charge in [-0.15, -0.1) is 11.8 Å². The molecule has 1 amide bonds. The molecule has 215 valence electrons. The topological polar surface area (TPSA) is 119 Å². The van der Waals surface area contributed by atoms with Gasteiger partial charge in [-0.1, -0.05) is 57.5 Å². The maximum atomic E-state index is 12.4. The summed E-state index contributed by atoms with van der Waals surface area (Å²) in [5.41, 5.74) is 10.2. The maximum Gasteiger partial charge on any atom is 0.303 e. The molecule has 7 nitrogen and oxygen atoms in total. The van der Waals surface area contributed by atoms with Crippen LogP contribution in [0.25, 0.3) is 11.1 Å². The molecule has 1 aliphatic carbocycles. The molecule has 0 bridgehead atoms. The number of allylic oxidation sites excluding steroid dienone is 2. The van der Waals surface area contributed by atoms with Crippen LogP contribution in [0.4, 0.5) is 5.69 Å². The van der Waals surface area contributed by atoms with Crippen LogP contribution < -0.4 is 11.1 Å². The second kappa shape index (κ2) is 14.0. The number of ketones is 1. The number of aliphatic carboxylic acids is 1. The molecule has 4 rings (SSSR count). The summed E-state index contributed by atoms with van der Waals surface area (Å²) in [5, 5.41) is 11.9. The normalized spacial score (nSPS) is 16.1. The van der Waals surface area contributed by atoms with E-state index in [4.69, 9.17) is 15.3 Å². The molecule has 0 spiro atoms. The molecule has 1 aliphatic heterocycles. The summed E-state index contributed by atoms with van der Waals surface area (Å²) in [6.07, 6.45) is 3.29. The molecule has 1 radical (unpaired) electrons. The average molecular weight is 582 g/mol. The summed E-state index contributed by atoms with van der Waals surface area (Å²) in [6, 6.07) is 13.6. The van der Waals surface area contributed by atoms with Gasteiger partial charge in [-0.05, 0) is 60.4 Å². The molecule has 0 saturated heterocycles. The van der Waals surface area contributed by atoms with Crippen molar-refractivity contribution in [3.63, 3.8) is 0 Å². The number of nitrogens with two attached hydrogens (primary N) is 1. The van der Waals surface area contributed by atoms with Gasteiger partial charge in [0.2, 0.25) is 5.91 Å². The predicted octanol–water partition coefficient (Wildman–Crippen LogP) is 6.86. The first-order valence-corrected chi connectivity index (χ1v) is 17.1. The first-order valence-electron chi connectivity index (χ1n) is 13.7. The SMILES string of the molecule is C[Si](C)OC1=C(SCCCCCC(=O)O)C(=O)CC1C(C)(C)C.NC(=O)c1cccc2c1-c1ccccc1CN2. The Hall–Kier alpha value is -3.04. The minimum atomic E-state index is -0.902. The summed E-state index contributed by atoms with van der Waals surface area (Å²) in [6.45, 7) is 11.4. The molecule has 40 heavy (non-hydrogen) atoms. The minimum absolute atomic E-state index is 0.0199. The lowest BCUT2D eigenvalue weighted by Crippen LogP contribution is -2.24. The Morgan fingerprint density at radius 1 is 1.10 bits per heavy atom. The number of Topliss-reactive ketones (excluding diaryl/α,β-unsaturated/α-hetero) is 1. The van der Waals surface area contributed by atoms with Gasteiger partial charge in [-0.2, -0.15) is 0 Å². The summed E-state index contributed by atoms with van der Waals surface area (Å²) in [4.78, 5) is 35.2. The largest absolute Gasteiger partial charge is 0.544 e. The number of carbonyl (C=O) groups is 3. The molecule has 4 N–H and O–H groups in total. The van der Waals surface area contributed by atoms with E-state index in [-0.39, 0.29) is 29.4 Å². The van der Waals surface area contributed by atoms with Gasteiger partial charge in [0.05, 0.1) is 4.91 Å². The molecule has 1 unspecified atom stereocenters. The van der Waals surface area contributed by atoms with E-state index in [1.54, 1.807) is 17.8 Å². The summed E-state index contributed by atoms with van der Waals surface area (Å²) in [5.74, 6) is 1.01. The molecule has 0 aromatic heterocycles. The van der Waals surface area contributed by atoms with E-state index in [0.717, 1.165) is 52.6 Å². The van der Waals surface area contributed by atoms with Crippen molar-refractivity contribution in [2.75, 3.05) is 11.1 Å². The molecule has 2 aromatic carbocycles. The highest BCUT2D eigenvalue weighted by Crippen LogP contribution is 2.45. The first-order chi connectivity index (χ1) is 18.9. The van der Waals surface area contributed by atoms with Gasteiger partial charge in [0.25, 0.3) is 9.04 Å². The molecule has 1 heterocycles. The number of benzene rings is 2. The summed E-state index contributed by atoms with van der Waals surface area (Å²) in [7, 11) is -0.902. The Kier molecular flexibility index (Phi) is 11.0. The van der Waals surface area contributed by atoms with Gasteiger partial charge in [0, 0.05) is 42.1 Å². The minimum Gasteiger partial charge on any atom is -0.544 e. The fourth-order valence-electron chi connectivity index (χ4n) is 4.89. The maximum absolute atomic E-state index is 12.4. The van der Waals surface area contributed by atoms with Gasteiger partial charge in [-0.3, -0.25) is 14.4 Å². The van der Waals surface area contributed by atoms with E-state index in [0.29, 0.717) is 18.4 Å². The van der Waals surface area contributed by atoms with Crippen molar-refractivity contribution < 1.29 is 23.9 Å². The van der Waals surface area contributed by atoms with Crippen LogP contribution in [-0.2, 0) is 20.6 Å². The number of thioether (sulfide) groups is 1. The standard InChI is InChI=1S/C17H29O4SSi.C14H12N2O/c1-17(2,3)12-11-13(18)16(15(12)21-23(4)5)22-10-8-6-7-9-14(19)20;15-14(17)11-6-3-7-12-13(11)10-5-2-1-4-9(10)8-16-12/h12H,6-11H2,1-5H3,(H,19,20);1-7,16H,8H2,(H2,15,17). The zero-order chi connectivity index (χ0) is 29.4. The highest BCUT2D eigenvalue weighted by Gasteiger charge is 2.41. The van der Waals surface area contributed by atoms with Gasteiger partial charge in [0.15, 0.2) is 5.78 Å². The first kappa shape index (κ1) is 31.5. The van der Waals surface area contributed by atoms with Crippen molar-refractivity contribution in [3.05, 3.63) is 64.3 Å². The van der Waals surface area contributed by atoms with Crippen molar-refractivity contribution in [2.45, 2.75) is 72.5 Å². The number of hydrogen-bond donors (Lipinski definition) is 3. The predicted molar refractivity (Wildman–Crippen MR) is 164 cm³/mol. The number of unbranched alkanes of at least 4 members (excludes halogenated alkanes) is 2. The van der Waals surface area contributed by atoms with Crippen molar-refractivity contribution in [1.29, 1.82) is 0 Å². The average Bonchev–Trinajstić information content (AvgIpc) is 3.20. The zero-order valence-corrected chi connectivity index (χ0v) is 26.0. The number of anilines is 1. The fourth-order valence-corrected chi connectivity index (χ4v) is 6.77. The Labute approximate surface area is 243 Å². The zero-order valence-electron chi connectivity index (χ0n) is 24.1. The van der Waals surface area contributed by atoms with Crippen molar-refractivity contribution in [3.8, 4) is 11.1 Å². The van der Waals surface area contributed by atoms with E-state index in [9.17, 15) is 14.4 Å². The number of primary amides is 1. The second-order valence-electron chi connectivity index (χ2n) is 11.4. The number of fused-ring (bicyclic) bond motifs is 3. The molecular formula is C31H41N2O5SSi. The molecule has 2 aliphatic rings. The Bertz CT molecular complexity index is 1270. The molecule has 0 saturated carbocycles. The van der Waals surface area contributed by atoms with Crippen LogP contribution in [0.15, 0.2) is 53.1 Å². The summed E-state index contributed by atoms with van der Waals surface area (Å²) < 4.78 is 6.11. The number of rotatable bonds is 10. The van der Waals surface area contributed by atoms with Gasteiger partial charge < -0.3 is 20.6 Å². The third-order valence-electron chi connectivity index (χ3n) is 6.91. The van der Waals surface area contributed by atoms with E-state index in [2.05, 4.69) is 45.2 Å². The van der Waals surface area contributed by atoms with Crippen LogP contribution in [0.3, 0.4) is 0 Å². The lowest BCUT2D eigenvalue weighted by atomic mass is 9.79. The van der Waals surface area contributed by atoms with Crippen LogP contribution in [0.5, 0.6) is 0 Å². The lowest BCUT2D eigenvalue weighted by Gasteiger charge is -2.29. The Morgan fingerprint density at radius 2 is 1.82 bits per heavy atom. The lowest BCUT2D eigenvalue weighted by molar-refractivity contribution is -0.137. The van der Waals surface area contributed by atoms with Crippen LogP contribution >= 0.6 is 11.8 Å².